The zero-order valence-corrected chi connectivity index (χ0v) is 13.6. The Morgan fingerprint density at radius 3 is 1.12 bits per heavy atom. The summed E-state index contributed by atoms with van der Waals surface area (Å²) in [6.07, 6.45) is 13.0. The standard InChI is InChI=1S/2C7H9.2CH3.Ti/c2*1-6-3-4-7(2)5-6;;;/h2*3H,4H2,1-2H3;2*1H3;/q4*-1;+4. The van der Waals surface area contributed by atoms with E-state index in [0.29, 0.717) is 0 Å². The maximum Gasteiger partial charge on any atom is 4.00 e. The molecule has 0 fully saturated rings. The average molecular weight is 264 g/mol. The average Bonchev–Trinajstić information content (AvgIpc) is 2.63. The van der Waals surface area contributed by atoms with E-state index >= 15 is 0 Å². The summed E-state index contributed by atoms with van der Waals surface area (Å²) in [4.78, 5) is 0. The molecule has 92 valence electrons. The Morgan fingerprint density at radius 2 is 1.06 bits per heavy atom. The van der Waals surface area contributed by atoms with Crippen molar-refractivity contribution in [3.05, 3.63) is 61.4 Å². The molecule has 1 heteroatoms. The second-order valence-corrected chi connectivity index (χ2v) is 3.99. The van der Waals surface area contributed by atoms with Crippen LogP contribution in [0.15, 0.2) is 34.4 Å². The van der Waals surface area contributed by atoms with Gasteiger partial charge in [-0.3, -0.25) is 12.2 Å². The van der Waals surface area contributed by atoms with E-state index in [-0.39, 0.29) is 36.6 Å². The summed E-state index contributed by atoms with van der Waals surface area (Å²) < 4.78 is 0. The molecular weight excluding hydrogens is 240 g/mol. The number of hydrogen-bond acceptors (Lipinski definition) is 0. The molecule has 17 heavy (non-hydrogen) atoms. The summed E-state index contributed by atoms with van der Waals surface area (Å²) in [5, 5.41) is 0. The van der Waals surface area contributed by atoms with Gasteiger partial charge in [0.25, 0.3) is 0 Å². The number of rotatable bonds is 0. The van der Waals surface area contributed by atoms with E-state index in [4.69, 9.17) is 0 Å². The van der Waals surface area contributed by atoms with Crippen LogP contribution in [0.2, 0.25) is 0 Å². The van der Waals surface area contributed by atoms with Crippen molar-refractivity contribution in [3.8, 4) is 0 Å². The van der Waals surface area contributed by atoms with E-state index in [1.807, 2.05) is 0 Å². The summed E-state index contributed by atoms with van der Waals surface area (Å²) >= 11 is 0. The van der Waals surface area contributed by atoms with Gasteiger partial charge in [0.05, 0.1) is 0 Å². The van der Waals surface area contributed by atoms with Crippen LogP contribution in [0, 0.1) is 27.0 Å². The van der Waals surface area contributed by atoms with Crippen molar-refractivity contribution in [2.75, 3.05) is 0 Å². The van der Waals surface area contributed by atoms with Crippen LogP contribution >= 0.6 is 0 Å². The Bertz CT molecular complexity index is 293. The third-order valence-corrected chi connectivity index (χ3v) is 2.25. The first-order valence-electron chi connectivity index (χ1n) is 5.10. The molecule has 0 spiro atoms. The molecule has 0 aromatic heterocycles. The van der Waals surface area contributed by atoms with Crippen LogP contribution in [0.5, 0.6) is 0 Å². The minimum Gasteiger partial charge on any atom is -0.358 e. The third kappa shape index (κ3) is 9.38. The van der Waals surface area contributed by atoms with E-state index in [1.165, 1.54) is 22.3 Å². The Morgan fingerprint density at radius 1 is 0.765 bits per heavy atom. The topological polar surface area (TPSA) is 0 Å². The van der Waals surface area contributed by atoms with E-state index in [1.54, 1.807) is 0 Å². The molecule has 0 N–H and O–H groups in total. The largest absolute Gasteiger partial charge is 4.00 e. The maximum atomic E-state index is 3.19. The van der Waals surface area contributed by atoms with Crippen LogP contribution < -0.4 is 0 Å². The fourth-order valence-corrected chi connectivity index (χ4v) is 1.49. The normalized spacial score (nSPS) is 15.8. The summed E-state index contributed by atoms with van der Waals surface area (Å²) in [5.41, 5.74) is 5.30. The summed E-state index contributed by atoms with van der Waals surface area (Å²) in [7, 11) is 0. The van der Waals surface area contributed by atoms with E-state index in [2.05, 4.69) is 52.0 Å². The van der Waals surface area contributed by atoms with Crippen molar-refractivity contribution in [1.82, 2.24) is 0 Å². The van der Waals surface area contributed by atoms with Crippen molar-refractivity contribution >= 4 is 0 Å². The van der Waals surface area contributed by atoms with Crippen molar-refractivity contribution in [2.24, 2.45) is 0 Å². The smallest absolute Gasteiger partial charge is 0.358 e. The van der Waals surface area contributed by atoms with Gasteiger partial charge in [-0.1, -0.05) is 40.5 Å². The second-order valence-electron chi connectivity index (χ2n) is 3.99. The zero-order valence-electron chi connectivity index (χ0n) is 12.1. The first-order chi connectivity index (χ1) is 6.58. The molecule has 0 bridgehead atoms. The van der Waals surface area contributed by atoms with Crippen molar-refractivity contribution in [2.45, 2.75) is 40.5 Å². The van der Waals surface area contributed by atoms with Gasteiger partial charge in [-0.2, -0.15) is 11.1 Å². The molecular formula is C16H24Ti. The van der Waals surface area contributed by atoms with Crippen molar-refractivity contribution in [3.63, 3.8) is 0 Å². The minimum atomic E-state index is 0. The van der Waals surface area contributed by atoms with E-state index < -0.39 is 0 Å². The van der Waals surface area contributed by atoms with Gasteiger partial charge < -0.3 is 14.9 Å². The molecule has 0 aromatic carbocycles. The molecule has 0 amide bonds. The Hall–Kier alpha value is -0.326. The summed E-state index contributed by atoms with van der Waals surface area (Å²) in [5.74, 6) is 0. The number of allylic oxidation sites excluding steroid dienone is 8. The Labute approximate surface area is 123 Å². The van der Waals surface area contributed by atoms with Gasteiger partial charge in [-0.25, -0.2) is 23.3 Å². The molecule has 0 saturated carbocycles. The van der Waals surface area contributed by atoms with Crippen LogP contribution in [0.3, 0.4) is 0 Å². The van der Waals surface area contributed by atoms with Gasteiger partial charge in [-0.15, -0.1) is 0 Å². The van der Waals surface area contributed by atoms with Gasteiger partial charge in [0.15, 0.2) is 0 Å². The monoisotopic (exact) mass is 264 g/mol. The number of hydrogen-bond donors (Lipinski definition) is 0. The molecule has 0 saturated heterocycles. The second kappa shape index (κ2) is 10.8. The molecule has 2 rings (SSSR count). The van der Waals surface area contributed by atoms with Gasteiger partial charge in [0, 0.05) is 0 Å². The molecule has 0 radical (unpaired) electrons. The Balaban J connectivity index is -0.000000196. The summed E-state index contributed by atoms with van der Waals surface area (Å²) in [6, 6.07) is 0. The van der Waals surface area contributed by atoms with Crippen molar-refractivity contribution < 1.29 is 21.7 Å². The first kappa shape index (κ1) is 21.9. The SMILES string of the molecule is CC1=[C-]C(C)=CC1.CC1=[C-]C(C)=CC1.[CH3-].[CH3-].[Ti+4]. The molecule has 0 heterocycles. The van der Waals surface area contributed by atoms with Crippen LogP contribution in [0.25, 0.3) is 0 Å². The molecule has 0 atom stereocenters. The van der Waals surface area contributed by atoms with Crippen LogP contribution in [-0.4, -0.2) is 0 Å². The van der Waals surface area contributed by atoms with Crippen LogP contribution in [-0.2, 0) is 21.7 Å². The van der Waals surface area contributed by atoms with Gasteiger partial charge in [0.2, 0.25) is 0 Å². The van der Waals surface area contributed by atoms with Crippen LogP contribution in [0.1, 0.15) is 40.5 Å². The fourth-order valence-electron chi connectivity index (χ4n) is 1.49. The minimum absolute atomic E-state index is 0. The van der Waals surface area contributed by atoms with E-state index in [0.717, 1.165) is 12.8 Å². The molecule has 2 aliphatic rings. The predicted molar refractivity (Wildman–Crippen MR) is 74.4 cm³/mol. The van der Waals surface area contributed by atoms with Crippen LogP contribution in [0.4, 0.5) is 0 Å². The maximum absolute atomic E-state index is 3.19. The zero-order chi connectivity index (χ0) is 10.6. The van der Waals surface area contributed by atoms with Gasteiger partial charge in [0.1, 0.15) is 0 Å². The van der Waals surface area contributed by atoms with E-state index in [9.17, 15) is 0 Å². The molecule has 2 aliphatic carbocycles. The fraction of sp³-hybridized carbons (Fsp3) is 0.375. The molecule has 0 unspecified atom stereocenters. The molecule has 0 aliphatic heterocycles. The third-order valence-electron chi connectivity index (χ3n) is 2.25. The molecule has 0 aromatic rings. The quantitative estimate of drug-likeness (QED) is 0.423. The Kier molecular flexibility index (Phi) is 13.9. The predicted octanol–water partition coefficient (Wildman–Crippen LogP) is 5.07. The van der Waals surface area contributed by atoms with Gasteiger partial charge in [-0.05, 0) is 0 Å². The molecule has 0 nitrogen and oxygen atoms in total. The van der Waals surface area contributed by atoms with Crippen molar-refractivity contribution in [1.29, 1.82) is 0 Å². The van der Waals surface area contributed by atoms with Gasteiger partial charge >= 0.3 is 21.7 Å². The summed E-state index contributed by atoms with van der Waals surface area (Å²) in [6.45, 7) is 8.37. The first-order valence-corrected chi connectivity index (χ1v) is 5.10.